The molecule has 0 fully saturated rings. The van der Waals surface area contributed by atoms with Crippen LogP contribution in [-0.2, 0) is 16.0 Å². The number of carbonyl (C=O) groups excluding carboxylic acids is 1. The van der Waals surface area contributed by atoms with Crippen LogP contribution in [0.15, 0.2) is 0 Å². The van der Waals surface area contributed by atoms with E-state index in [2.05, 4.69) is 17.9 Å². The molecule has 0 heterocycles. The molecule has 0 radical (unpaired) electrons. The van der Waals surface area contributed by atoms with Crippen molar-refractivity contribution < 1.29 is 9.35 Å². The van der Waals surface area contributed by atoms with Crippen molar-refractivity contribution in [2.45, 2.75) is 11.7 Å². The zero-order chi connectivity index (χ0) is 8.85. The fourth-order valence-electron chi connectivity index (χ4n) is 0.575. The molecular formula is C6H13NO2S2. The third kappa shape index (κ3) is 5.41. The van der Waals surface area contributed by atoms with Gasteiger partial charge in [0.05, 0.1) is 11.5 Å². The Kier molecular flexibility index (Phi) is 5.81. The second kappa shape index (κ2) is 5.74. The molecule has 2 atom stereocenters. The fraction of sp³-hybridized carbons (Fsp3) is 0.833. The first-order chi connectivity index (χ1) is 5.07. The zero-order valence-electron chi connectivity index (χ0n) is 6.66. The molecule has 0 aromatic heterocycles. The van der Waals surface area contributed by atoms with Crippen molar-refractivity contribution in [1.82, 2.24) is 5.32 Å². The molecular weight excluding hydrogens is 182 g/mol. The molecule has 0 saturated heterocycles. The Hall–Kier alpha value is 0.130. The van der Waals surface area contributed by atoms with E-state index in [-0.39, 0.29) is 11.2 Å². The van der Waals surface area contributed by atoms with E-state index < -0.39 is 11.2 Å². The maximum absolute atomic E-state index is 10.8. The minimum absolute atomic E-state index is 0.112. The summed E-state index contributed by atoms with van der Waals surface area (Å²) in [6.45, 7) is 0. The molecule has 0 rings (SSSR count). The van der Waals surface area contributed by atoms with Gasteiger partial charge in [0.2, 0.25) is 5.91 Å². The molecule has 0 aromatic carbocycles. The van der Waals surface area contributed by atoms with Crippen molar-refractivity contribution in [3.8, 4) is 0 Å². The molecule has 0 aliphatic rings. The number of carbonyl (C=O) groups is 1. The molecule has 3 nitrogen and oxygen atoms in total. The molecule has 0 aromatic rings. The van der Waals surface area contributed by atoms with Crippen LogP contribution in [0.25, 0.3) is 0 Å². The average Bonchev–Trinajstić information content (AvgIpc) is 1.98. The topological polar surface area (TPSA) is 52.2 Å². The predicted octanol–water partition coefficient (Wildman–Crippen LogP) is -0.201. The standard InChI is InChI=1S/C6H13NO2S2/c1-7-6(8)5(10)3-4-11(2)9/h5,10H,3-4H2,1-2H3,(H,7,8). The van der Waals surface area contributed by atoms with E-state index in [0.717, 1.165) is 0 Å². The van der Waals surface area contributed by atoms with E-state index in [4.69, 9.17) is 0 Å². The SMILES string of the molecule is CNC(=O)C(S)CC[S+](C)[O-]. The van der Waals surface area contributed by atoms with Crippen LogP contribution in [0.2, 0.25) is 0 Å². The van der Waals surface area contributed by atoms with Crippen molar-refractivity contribution >= 4 is 29.7 Å². The Bertz CT molecular complexity index is 130. The van der Waals surface area contributed by atoms with Gasteiger partial charge in [-0.3, -0.25) is 4.79 Å². The van der Waals surface area contributed by atoms with Crippen LogP contribution in [-0.4, -0.2) is 34.8 Å². The number of thiol groups is 1. The van der Waals surface area contributed by atoms with E-state index in [9.17, 15) is 9.35 Å². The summed E-state index contributed by atoms with van der Waals surface area (Å²) >= 11 is 3.20. The van der Waals surface area contributed by atoms with Crippen molar-refractivity contribution in [2.24, 2.45) is 0 Å². The molecule has 0 bridgehead atoms. The number of hydrogen-bond donors (Lipinski definition) is 2. The minimum Gasteiger partial charge on any atom is -0.617 e. The lowest BCUT2D eigenvalue weighted by atomic mass is 10.3. The number of hydrogen-bond acceptors (Lipinski definition) is 3. The maximum atomic E-state index is 10.8. The van der Waals surface area contributed by atoms with Crippen LogP contribution in [0.1, 0.15) is 6.42 Å². The van der Waals surface area contributed by atoms with Crippen molar-refractivity contribution in [3.63, 3.8) is 0 Å². The fourth-order valence-corrected chi connectivity index (χ4v) is 1.58. The molecule has 2 unspecified atom stereocenters. The average molecular weight is 195 g/mol. The summed E-state index contributed by atoms with van der Waals surface area (Å²) in [4.78, 5) is 10.8. The van der Waals surface area contributed by atoms with E-state index in [1.165, 1.54) is 0 Å². The highest BCUT2D eigenvalue weighted by atomic mass is 32.2. The lowest BCUT2D eigenvalue weighted by Gasteiger charge is -2.09. The van der Waals surface area contributed by atoms with E-state index >= 15 is 0 Å². The second-order valence-electron chi connectivity index (χ2n) is 2.20. The zero-order valence-corrected chi connectivity index (χ0v) is 8.37. The quantitative estimate of drug-likeness (QED) is 0.482. The van der Waals surface area contributed by atoms with Gasteiger partial charge in [-0.05, 0) is 0 Å². The van der Waals surface area contributed by atoms with Crippen LogP contribution in [0, 0.1) is 0 Å². The molecule has 66 valence electrons. The molecule has 0 spiro atoms. The predicted molar refractivity (Wildman–Crippen MR) is 50.4 cm³/mol. The molecule has 11 heavy (non-hydrogen) atoms. The van der Waals surface area contributed by atoms with Crippen LogP contribution >= 0.6 is 12.6 Å². The van der Waals surface area contributed by atoms with Gasteiger partial charge in [-0.2, -0.15) is 12.6 Å². The van der Waals surface area contributed by atoms with Crippen molar-refractivity contribution in [1.29, 1.82) is 0 Å². The Morgan fingerprint density at radius 3 is 2.73 bits per heavy atom. The Morgan fingerprint density at radius 1 is 1.82 bits per heavy atom. The van der Waals surface area contributed by atoms with Gasteiger partial charge in [0, 0.05) is 13.5 Å². The first-order valence-corrected chi connectivity index (χ1v) is 5.52. The Balaban J connectivity index is 3.52. The van der Waals surface area contributed by atoms with Crippen LogP contribution < -0.4 is 5.32 Å². The highest BCUT2D eigenvalue weighted by molar-refractivity contribution is 7.90. The third-order valence-electron chi connectivity index (χ3n) is 1.23. The normalized spacial score (nSPS) is 15.6. The summed E-state index contributed by atoms with van der Waals surface area (Å²) in [5.41, 5.74) is 0. The Labute approximate surface area is 75.5 Å². The van der Waals surface area contributed by atoms with Gasteiger partial charge in [-0.15, -0.1) is 0 Å². The summed E-state index contributed by atoms with van der Waals surface area (Å²) < 4.78 is 10.6. The van der Waals surface area contributed by atoms with Gasteiger partial charge in [-0.1, -0.05) is 11.2 Å². The Morgan fingerprint density at radius 2 is 2.36 bits per heavy atom. The van der Waals surface area contributed by atoms with Gasteiger partial charge < -0.3 is 9.87 Å². The monoisotopic (exact) mass is 195 g/mol. The summed E-state index contributed by atoms with van der Waals surface area (Å²) in [7, 11) is 1.56. The lowest BCUT2D eigenvalue weighted by Crippen LogP contribution is -2.29. The van der Waals surface area contributed by atoms with Crippen LogP contribution in [0.4, 0.5) is 0 Å². The highest BCUT2D eigenvalue weighted by Gasteiger charge is 2.13. The van der Waals surface area contributed by atoms with Crippen molar-refractivity contribution in [3.05, 3.63) is 0 Å². The first-order valence-electron chi connectivity index (χ1n) is 3.27. The summed E-state index contributed by atoms with van der Waals surface area (Å²) in [5, 5.41) is 2.14. The second-order valence-corrected chi connectivity index (χ2v) is 4.37. The smallest absolute Gasteiger partial charge is 0.232 e. The highest BCUT2D eigenvalue weighted by Crippen LogP contribution is 2.02. The minimum atomic E-state index is -0.834. The number of amides is 1. The summed E-state index contributed by atoms with van der Waals surface area (Å²) in [5.74, 6) is 0.417. The van der Waals surface area contributed by atoms with E-state index in [1.807, 2.05) is 0 Å². The molecule has 5 heteroatoms. The molecule has 1 N–H and O–H groups in total. The summed E-state index contributed by atoms with van der Waals surface area (Å²) in [6.07, 6.45) is 2.18. The summed E-state index contributed by atoms with van der Waals surface area (Å²) in [6, 6.07) is 0. The number of rotatable bonds is 4. The van der Waals surface area contributed by atoms with E-state index in [1.54, 1.807) is 13.3 Å². The largest absolute Gasteiger partial charge is 0.617 e. The van der Waals surface area contributed by atoms with Crippen LogP contribution in [0.3, 0.4) is 0 Å². The van der Waals surface area contributed by atoms with Gasteiger partial charge in [0.25, 0.3) is 0 Å². The van der Waals surface area contributed by atoms with Gasteiger partial charge in [-0.25, -0.2) is 0 Å². The molecule has 1 amide bonds. The molecule has 0 saturated carbocycles. The molecule has 0 aliphatic heterocycles. The van der Waals surface area contributed by atoms with Crippen LogP contribution in [0.5, 0.6) is 0 Å². The van der Waals surface area contributed by atoms with Gasteiger partial charge >= 0.3 is 0 Å². The third-order valence-corrected chi connectivity index (χ3v) is 2.53. The maximum Gasteiger partial charge on any atom is 0.232 e. The number of nitrogens with one attached hydrogen (secondary N) is 1. The van der Waals surface area contributed by atoms with Gasteiger partial charge in [0.15, 0.2) is 0 Å². The van der Waals surface area contributed by atoms with E-state index in [0.29, 0.717) is 12.2 Å². The lowest BCUT2D eigenvalue weighted by molar-refractivity contribution is -0.120. The van der Waals surface area contributed by atoms with Crippen molar-refractivity contribution in [2.75, 3.05) is 19.1 Å². The first kappa shape index (κ1) is 11.1. The van der Waals surface area contributed by atoms with Gasteiger partial charge in [0.1, 0.15) is 5.75 Å². The molecule has 0 aliphatic carbocycles.